The van der Waals surface area contributed by atoms with Crippen LogP contribution in [0.25, 0.3) is 11.1 Å². The highest BCUT2D eigenvalue weighted by molar-refractivity contribution is 5.65. The summed E-state index contributed by atoms with van der Waals surface area (Å²) in [5, 5.41) is 8.84. The van der Waals surface area contributed by atoms with E-state index >= 15 is 0 Å². The van der Waals surface area contributed by atoms with Crippen LogP contribution in [0.2, 0.25) is 0 Å². The quantitative estimate of drug-likeness (QED) is 0.318. The Labute approximate surface area is 203 Å². The number of alkyl halides is 2. The van der Waals surface area contributed by atoms with Crippen LogP contribution in [0.5, 0.6) is 5.75 Å². The van der Waals surface area contributed by atoms with Crippen molar-refractivity contribution >= 4 is 0 Å². The lowest BCUT2D eigenvalue weighted by atomic mass is 9.80. The smallest absolute Gasteiger partial charge is 0.426 e. The first-order chi connectivity index (χ1) is 16.7. The maximum Gasteiger partial charge on any atom is 0.426 e. The van der Waals surface area contributed by atoms with E-state index in [4.69, 9.17) is 10.00 Å². The lowest BCUT2D eigenvalue weighted by Crippen LogP contribution is -2.22. The Bertz CT molecular complexity index is 1210. The molecule has 0 aliphatic heterocycles. The van der Waals surface area contributed by atoms with Gasteiger partial charge in [-0.25, -0.2) is 8.78 Å². The molecule has 35 heavy (non-hydrogen) atoms. The molecule has 0 bridgehead atoms. The molecular weight excluding hydrogens is 454 g/mol. The van der Waals surface area contributed by atoms with Crippen LogP contribution in [0.1, 0.15) is 55.7 Å². The van der Waals surface area contributed by atoms with Gasteiger partial charge in [-0.05, 0) is 77.8 Å². The average molecular weight is 482 g/mol. The van der Waals surface area contributed by atoms with Crippen molar-refractivity contribution in [2.75, 3.05) is 0 Å². The molecule has 0 N–H and O–H groups in total. The maximum atomic E-state index is 14.8. The zero-order valence-electron chi connectivity index (χ0n) is 19.5. The van der Waals surface area contributed by atoms with Crippen LogP contribution < -0.4 is 4.74 Å². The second-order valence-corrected chi connectivity index (χ2v) is 9.43. The number of halogens is 4. The molecular formula is C29H27F4NO. The molecule has 6 heteroatoms. The van der Waals surface area contributed by atoms with E-state index in [0.29, 0.717) is 23.5 Å². The molecule has 182 valence electrons. The normalized spacial score (nSPS) is 18.2. The van der Waals surface area contributed by atoms with Crippen molar-refractivity contribution in [1.82, 2.24) is 0 Å². The third-order valence-electron chi connectivity index (χ3n) is 6.85. The molecule has 0 unspecified atom stereocenters. The molecule has 1 aliphatic carbocycles. The van der Waals surface area contributed by atoms with Crippen LogP contribution in [0.4, 0.5) is 17.6 Å². The molecule has 3 aromatic carbocycles. The second kappa shape index (κ2) is 10.5. The van der Waals surface area contributed by atoms with Gasteiger partial charge in [0.2, 0.25) is 0 Å². The third kappa shape index (κ3) is 6.03. The summed E-state index contributed by atoms with van der Waals surface area (Å²) in [7, 11) is 0. The van der Waals surface area contributed by atoms with Gasteiger partial charge in [-0.2, -0.15) is 14.0 Å². The maximum absolute atomic E-state index is 14.8. The Morgan fingerprint density at radius 3 is 2.20 bits per heavy atom. The van der Waals surface area contributed by atoms with E-state index in [1.165, 1.54) is 68.1 Å². The fourth-order valence-electron chi connectivity index (χ4n) is 4.61. The number of nitrogens with zero attached hydrogens (tertiary/aromatic N) is 1. The molecule has 0 aromatic heterocycles. The zero-order chi connectivity index (χ0) is 25.0. The molecule has 1 fully saturated rings. The van der Waals surface area contributed by atoms with Gasteiger partial charge >= 0.3 is 6.11 Å². The molecule has 0 saturated heterocycles. The summed E-state index contributed by atoms with van der Waals surface area (Å²) in [6.07, 6.45) is 2.77. The fraction of sp³-hybridized carbons (Fsp3) is 0.345. The molecule has 0 heterocycles. The minimum absolute atomic E-state index is 0.0954. The predicted octanol–water partition coefficient (Wildman–Crippen LogP) is 8.39. The van der Waals surface area contributed by atoms with Gasteiger partial charge in [0.1, 0.15) is 11.9 Å². The zero-order valence-corrected chi connectivity index (χ0v) is 19.5. The van der Waals surface area contributed by atoms with E-state index < -0.39 is 29.1 Å². The Kier molecular flexibility index (Phi) is 7.45. The highest BCUT2D eigenvalue weighted by Gasteiger charge is 2.35. The number of hydrogen-bond donors (Lipinski definition) is 0. The van der Waals surface area contributed by atoms with Crippen molar-refractivity contribution in [3.05, 3.63) is 89.0 Å². The summed E-state index contributed by atoms with van der Waals surface area (Å²) in [5.41, 5.74) is 1.17. The van der Waals surface area contributed by atoms with Gasteiger partial charge in [-0.3, -0.25) is 0 Å². The topological polar surface area (TPSA) is 33.0 Å². The number of aryl methyl sites for hydroxylation is 1. The third-order valence-corrected chi connectivity index (χ3v) is 6.85. The Morgan fingerprint density at radius 2 is 1.57 bits per heavy atom. The van der Waals surface area contributed by atoms with E-state index in [1.54, 1.807) is 12.1 Å². The van der Waals surface area contributed by atoms with E-state index in [2.05, 4.69) is 6.92 Å². The summed E-state index contributed by atoms with van der Waals surface area (Å²) in [6, 6.07) is 15.1. The highest BCUT2D eigenvalue weighted by atomic mass is 19.3. The summed E-state index contributed by atoms with van der Waals surface area (Å²) < 4.78 is 62.7. The predicted molar refractivity (Wildman–Crippen MR) is 127 cm³/mol. The molecule has 1 saturated carbocycles. The van der Waals surface area contributed by atoms with Gasteiger partial charge in [0.15, 0.2) is 11.6 Å². The summed E-state index contributed by atoms with van der Waals surface area (Å²) in [6.45, 7) is 2.27. The number of hydrogen-bond acceptors (Lipinski definition) is 2. The van der Waals surface area contributed by atoms with Crippen LogP contribution in [0.15, 0.2) is 60.7 Å². The Morgan fingerprint density at radius 1 is 0.886 bits per heavy atom. The lowest BCUT2D eigenvalue weighted by molar-refractivity contribution is -0.186. The van der Waals surface area contributed by atoms with Crippen molar-refractivity contribution in [1.29, 1.82) is 5.26 Å². The van der Waals surface area contributed by atoms with E-state index in [0.717, 1.165) is 30.0 Å². The number of rotatable bonds is 7. The molecule has 0 spiro atoms. The van der Waals surface area contributed by atoms with Gasteiger partial charge in [0, 0.05) is 0 Å². The first-order valence-corrected chi connectivity index (χ1v) is 11.9. The summed E-state index contributed by atoms with van der Waals surface area (Å²) in [5.74, 6) is -0.599. The van der Waals surface area contributed by atoms with E-state index in [-0.39, 0.29) is 5.56 Å². The molecule has 0 atom stereocenters. The van der Waals surface area contributed by atoms with Crippen LogP contribution in [0.3, 0.4) is 0 Å². The van der Waals surface area contributed by atoms with Gasteiger partial charge in [0.25, 0.3) is 0 Å². The largest absolute Gasteiger partial charge is 0.426 e. The summed E-state index contributed by atoms with van der Waals surface area (Å²) >= 11 is 0. The lowest BCUT2D eigenvalue weighted by Gasteiger charge is -2.26. The van der Waals surface area contributed by atoms with Crippen molar-refractivity contribution in [2.24, 2.45) is 11.8 Å². The van der Waals surface area contributed by atoms with Crippen molar-refractivity contribution in [3.63, 3.8) is 0 Å². The van der Waals surface area contributed by atoms with Gasteiger partial charge < -0.3 is 4.74 Å². The minimum atomic E-state index is -3.75. The van der Waals surface area contributed by atoms with Crippen LogP contribution in [-0.4, -0.2) is 0 Å². The molecule has 3 aromatic rings. The van der Waals surface area contributed by atoms with Crippen LogP contribution in [0, 0.1) is 34.8 Å². The van der Waals surface area contributed by atoms with E-state index in [9.17, 15) is 17.6 Å². The average Bonchev–Trinajstić information content (AvgIpc) is 2.85. The second-order valence-electron chi connectivity index (χ2n) is 9.43. The monoisotopic (exact) mass is 481 g/mol. The van der Waals surface area contributed by atoms with Crippen LogP contribution >= 0.6 is 0 Å². The number of benzene rings is 3. The standard InChI is InChI=1S/C29H27F4NO/c1-19-2-4-20(5-3-19)6-7-21-8-15-28(27(31)16-21)35-29(32,33)25-13-11-22(12-14-25)23-9-10-24(18-34)26(30)17-23/h8-17,19-20H,2-7H2,1H3. The summed E-state index contributed by atoms with van der Waals surface area (Å²) in [4.78, 5) is 0. The van der Waals surface area contributed by atoms with Crippen molar-refractivity contribution in [2.45, 2.75) is 51.6 Å². The first-order valence-electron chi connectivity index (χ1n) is 11.9. The van der Waals surface area contributed by atoms with Crippen molar-refractivity contribution in [3.8, 4) is 22.9 Å². The number of ether oxygens (including phenoxy) is 1. The highest BCUT2D eigenvalue weighted by Crippen LogP contribution is 2.35. The van der Waals surface area contributed by atoms with Gasteiger partial charge in [0.05, 0.1) is 11.1 Å². The first kappa shape index (κ1) is 24.8. The molecule has 0 amide bonds. The fourth-order valence-corrected chi connectivity index (χ4v) is 4.61. The van der Waals surface area contributed by atoms with Crippen molar-refractivity contribution < 1.29 is 22.3 Å². The number of nitriles is 1. The Hall–Kier alpha value is -3.33. The van der Waals surface area contributed by atoms with Crippen LogP contribution in [-0.2, 0) is 12.5 Å². The molecule has 4 rings (SSSR count). The minimum Gasteiger partial charge on any atom is -0.426 e. The van der Waals surface area contributed by atoms with Gasteiger partial charge in [-0.15, -0.1) is 0 Å². The van der Waals surface area contributed by atoms with E-state index in [1.807, 2.05) is 0 Å². The Balaban J connectivity index is 1.41. The molecule has 0 radical (unpaired) electrons. The molecule has 2 nitrogen and oxygen atoms in total. The molecule has 1 aliphatic rings. The SMILES string of the molecule is CC1CCC(CCc2ccc(OC(F)(F)c3ccc(-c4ccc(C#N)c(F)c4)cc3)c(F)c2)CC1. The van der Waals surface area contributed by atoms with Gasteiger partial charge in [-0.1, -0.05) is 56.9 Å².